The van der Waals surface area contributed by atoms with Gasteiger partial charge in [0.2, 0.25) is 0 Å². The third-order valence-electron chi connectivity index (χ3n) is 2.28. The summed E-state index contributed by atoms with van der Waals surface area (Å²) in [7, 11) is 0. The Labute approximate surface area is 105 Å². The molecule has 2 rings (SSSR count). The Morgan fingerprint density at radius 2 is 1.88 bits per heavy atom. The van der Waals surface area contributed by atoms with Crippen LogP contribution in [0.2, 0.25) is 5.02 Å². The summed E-state index contributed by atoms with van der Waals surface area (Å²) in [6, 6.07) is 16.7. The topological polar surface area (TPSA) is 33.0 Å². The summed E-state index contributed by atoms with van der Waals surface area (Å²) >= 11 is 5.85. The highest BCUT2D eigenvalue weighted by Gasteiger charge is 1.97. The standard InChI is InChI=1S/C14H10ClNO/c15-13-2-1-3-14(8-13)17-10-12-6-4-11(9-16)5-7-12/h1-8H,10H2. The van der Waals surface area contributed by atoms with Crippen LogP contribution in [0.25, 0.3) is 0 Å². The second-order valence-electron chi connectivity index (χ2n) is 3.55. The average Bonchev–Trinajstić information content (AvgIpc) is 2.37. The molecule has 2 nitrogen and oxygen atoms in total. The Hall–Kier alpha value is -1.98. The summed E-state index contributed by atoms with van der Waals surface area (Å²) in [5.74, 6) is 0.738. The number of benzene rings is 2. The van der Waals surface area contributed by atoms with Crippen molar-refractivity contribution in [2.24, 2.45) is 0 Å². The maximum Gasteiger partial charge on any atom is 0.121 e. The van der Waals surface area contributed by atoms with Crippen molar-refractivity contribution in [1.29, 1.82) is 5.26 Å². The van der Waals surface area contributed by atoms with E-state index in [-0.39, 0.29) is 0 Å². The number of nitriles is 1. The largest absolute Gasteiger partial charge is 0.489 e. The lowest BCUT2D eigenvalue weighted by Crippen LogP contribution is -1.95. The van der Waals surface area contributed by atoms with E-state index in [2.05, 4.69) is 6.07 Å². The third-order valence-corrected chi connectivity index (χ3v) is 2.52. The molecule has 0 heterocycles. The van der Waals surface area contributed by atoms with Crippen molar-refractivity contribution in [3.05, 3.63) is 64.7 Å². The van der Waals surface area contributed by atoms with Crippen LogP contribution in [-0.4, -0.2) is 0 Å². The Bertz CT molecular complexity index is 543. The van der Waals surface area contributed by atoms with Gasteiger partial charge >= 0.3 is 0 Å². The van der Waals surface area contributed by atoms with Gasteiger partial charge in [-0.25, -0.2) is 0 Å². The van der Waals surface area contributed by atoms with Gasteiger partial charge in [-0.3, -0.25) is 0 Å². The molecule has 0 saturated heterocycles. The minimum atomic E-state index is 0.464. The predicted molar refractivity (Wildman–Crippen MR) is 66.9 cm³/mol. The molecule has 0 atom stereocenters. The molecule has 0 radical (unpaired) electrons. The molecule has 0 aromatic heterocycles. The van der Waals surface area contributed by atoms with E-state index < -0.39 is 0 Å². The van der Waals surface area contributed by atoms with Crippen LogP contribution in [0.3, 0.4) is 0 Å². The maximum atomic E-state index is 8.67. The van der Waals surface area contributed by atoms with Gasteiger partial charge in [0.15, 0.2) is 0 Å². The van der Waals surface area contributed by atoms with Crippen molar-refractivity contribution in [3.8, 4) is 11.8 Å². The highest BCUT2D eigenvalue weighted by molar-refractivity contribution is 6.30. The van der Waals surface area contributed by atoms with Crippen LogP contribution in [-0.2, 0) is 6.61 Å². The lowest BCUT2D eigenvalue weighted by atomic mass is 10.2. The second-order valence-corrected chi connectivity index (χ2v) is 3.99. The van der Waals surface area contributed by atoms with E-state index in [1.165, 1.54) is 0 Å². The van der Waals surface area contributed by atoms with Crippen molar-refractivity contribution in [1.82, 2.24) is 0 Å². The van der Waals surface area contributed by atoms with Gasteiger partial charge in [0.05, 0.1) is 11.6 Å². The molecule has 0 saturated carbocycles. The highest BCUT2D eigenvalue weighted by atomic mass is 35.5. The van der Waals surface area contributed by atoms with Crippen LogP contribution in [0.15, 0.2) is 48.5 Å². The molecule has 0 aliphatic heterocycles. The van der Waals surface area contributed by atoms with Gasteiger partial charge in [-0.05, 0) is 35.9 Å². The second kappa shape index (κ2) is 5.38. The fourth-order valence-corrected chi connectivity index (χ4v) is 1.58. The van der Waals surface area contributed by atoms with Gasteiger partial charge in [0.25, 0.3) is 0 Å². The molecule has 2 aromatic rings. The molecule has 0 aliphatic rings. The fraction of sp³-hybridized carbons (Fsp3) is 0.0714. The quantitative estimate of drug-likeness (QED) is 0.822. The van der Waals surface area contributed by atoms with E-state index in [1.54, 1.807) is 24.3 Å². The number of ether oxygens (including phenoxy) is 1. The van der Waals surface area contributed by atoms with Gasteiger partial charge in [-0.2, -0.15) is 5.26 Å². The van der Waals surface area contributed by atoms with Gasteiger partial charge in [-0.15, -0.1) is 0 Å². The Balaban J connectivity index is 2.00. The fourth-order valence-electron chi connectivity index (χ4n) is 1.40. The predicted octanol–water partition coefficient (Wildman–Crippen LogP) is 3.79. The van der Waals surface area contributed by atoms with Gasteiger partial charge < -0.3 is 4.74 Å². The van der Waals surface area contributed by atoms with Gasteiger partial charge in [0, 0.05) is 5.02 Å². The van der Waals surface area contributed by atoms with E-state index >= 15 is 0 Å². The molecule has 84 valence electrons. The lowest BCUT2D eigenvalue weighted by molar-refractivity contribution is 0.306. The first-order valence-electron chi connectivity index (χ1n) is 5.15. The summed E-state index contributed by atoms with van der Waals surface area (Å²) in [5, 5.41) is 9.33. The molecule has 0 spiro atoms. The summed E-state index contributed by atoms with van der Waals surface area (Å²) in [6.07, 6.45) is 0. The zero-order chi connectivity index (χ0) is 12.1. The van der Waals surface area contributed by atoms with Crippen LogP contribution < -0.4 is 4.74 Å². The number of rotatable bonds is 3. The van der Waals surface area contributed by atoms with Gasteiger partial charge in [0.1, 0.15) is 12.4 Å². The molecule has 2 aromatic carbocycles. The van der Waals surface area contributed by atoms with E-state index in [9.17, 15) is 0 Å². The van der Waals surface area contributed by atoms with Crippen LogP contribution in [0.5, 0.6) is 5.75 Å². The number of halogens is 1. The monoisotopic (exact) mass is 243 g/mol. The molecule has 0 aliphatic carbocycles. The van der Waals surface area contributed by atoms with Crippen LogP contribution >= 0.6 is 11.6 Å². The van der Waals surface area contributed by atoms with Crippen molar-refractivity contribution < 1.29 is 4.74 Å². The minimum Gasteiger partial charge on any atom is -0.489 e. The van der Waals surface area contributed by atoms with Crippen LogP contribution in [0, 0.1) is 11.3 Å². The molecule has 0 bridgehead atoms. The molecular formula is C14H10ClNO. The van der Waals surface area contributed by atoms with E-state index in [1.807, 2.05) is 24.3 Å². The first-order chi connectivity index (χ1) is 8.28. The molecule has 0 N–H and O–H groups in total. The van der Waals surface area contributed by atoms with E-state index in [0.717, 1.165) is 11.3 Å². The van der Waals surface area contributed by atoms with Crippen LogP contribution in [0.1, 0.15) is 11.1 Å². The summed E-state index contributed by atoms with van der Waals surface area (Å²) in [6.45, 7) is 0.464. The highest BCUT2D eigenvalue weighted by Crippen LogP contribution is 2.18. The number of hydrogen-bond donors (Lipinski definition) is 0. The first-order valence-corrected chi connectivity index (χ1v) is 5.53. The Morgan fingerprint density at radius 1 is 1.12 bits per heavy atom. The maximum absolute atomic E-state index is 8.67. The zero-order valence-electron chi connectivity index (χ0n) is 9.06. The van der Waals surface area contributed by atoms with Crippen molar-refractivity contribution in [3.63, 3.8) is 0 Å². The van der Waals surface area contributed by atoms with Crippen molar-refractivity contribution >= 4 is 11.6 Å². The molecule has 0 fully saturated rings. The van der Waals surface area contributed by atoms with Crippen molar-refractivity contribution in [2.45, 2.75) is 6.61 Å². The zero-order valence-corrected chi connectivity index (χ0v) is 9.82. The van der Waals surface area contributed by atoms with Crippen molar-refractivity contribution in [2.75, 3.05) is 0 Å². The van der Waals surface area contributed by atoms with Crippen LogP contribution in [0.4, 0.5) is 0 Å². The van der Waals surface area contributed by atoms with Gasteiger partial charge in [-0.1, -0.05) is 29.8 Å². The Morgan fingerprint density at radius 3 is 2.53 bits per heavy atom. The Kier molecular flexibility index (Phi) is 3.64. The van der Waals surface area contributed by atoms with E-state index in [0.29, 0.717) is 17.2 Å². The molecular weight excluding hydrogens is 234 g/mol. The normalized spacial score (nSPS) is 9.65. The average molecular weight is 244 g/mol. The smallest absolute Gasteiger partial charge is 0.121 e. The summed E-state index contributed by atoms with van der Waals surface area (Å²) < 4.78 is 5.58. The first kappa shape index (κ1) is 11.5. The molecule has 3 heteroatoms. The summed E-state index contributed by atoms with van der Waals surface area (Å²) in [4.78, 5) is 0. The minimum absolute atomic E-state index is 0.464. The lowest BCUT2D eigenvalue weighted by Gasteiger charge is -2.06. The summed E-state index contributed by atoms with van der Waals surface area (Å²) in [5.41, 5.74) is 1.67. The molecule has 17 heavy (non-hydrogen) atoms. The SMILES string of the molecule is N#Cc1ccc(COc2cccc(Cl)c2)cc1. The molecule has 0 unspecified atom stereocenters. The van der Waals surface area contributed by atoms with E-state index in [4.69, 9.17) is 21.6 Å². The third kappa shape index (κ3) is 3.24. The number of nitrogens with zero attached hydrogens (tertiary/aromatic N) is 1. The number of hydrogen-bond acceptors (Lipinski definition) is 2. The molecule has 0 amide bonds.